The second-order valence-electron chi connectivity index (χ2n) is 6.72. The number of rotatable bonds is 3. The summed E-state index contributed by atoms with van der Waals surface area (Å²) >= 11 is 0. The highest BCUT2D eigenvalue weighted by atomic mass is 16.1. The van der Waals surface area contributed by atoms with Gasteiger partial charge in [0.05, 0.1) is 0 Å². The average Bonchev–Trinajstić information content (AvgIpc) is 3.07. The molecule has 4 nitrogen and oxygen atoms in total. The fraction of sp³-hybridized carbons (Fsp3) is 0.400. The van der Waals surface area contributed by atoms with Crippen molar-refractivity contribution in [3.8, 4) is 0 Å². The fourth-order valence-electron chi connectivity index (χ4n) is 3.78. The summed E-state index contributed by atoms with van der Waals surface area (Å²) in [4.78, 5) is 19.4. The molecule has 0 spiro atoms. The first-order chi connectivity index (χ1) is 11.8. The monoisotopic (exact) mass is 321 g/mol. The number of pyridine rings is 1. The standard InChI is InChI=1S/C20H23N3O/c24-20(21-16-8-2-1-3-9-16)17-10-6-12-19(22-17)23-14-13-15-7-4-5-11-18(15)23/h4-7,10-12,16H,1-3,8-9,13-14H2,(H,21,24). The smallest absolute Gasteiger partial charge is 0.270 e. The SMILES string of the molecule is O=C(NC1CCCCC1)c1cccc(N2CCc3ccccc32)n1. The maximum absolute atomic E-state index is 12.5. The Hall–Kier alpha value is -2.36. The molecule has 2 aromatic rings. The zero-order chi connectivity index (χ0) is 16.4. The Bertz CT molecular complexity index is 737. The molecule has 1 aromatic carbocycles. The molecule has 0 unspecified atom stereocenters. The van der Waals surface area contributed by atoms with Gasteiger partial charge in [-0.05, 0) is 43.0 Å². The molecule has 24 heavy (non-hydrogen) atoms. The minimum absolute atomic E-state index is 0.0452. The number of hydrogen-bond donors (Lipinski definition) is 1. The lowest BCUT2D eigenvalue weighted by Gasteiger charge is -2.23. The third-order valence-corrected chi connectivity index (χ3v) is 5.07. The molecule has 1 N–H and O–H groups in total. The molecule has 1 fully saturated rings. The Kier molecular flexibility index (Phi) is 4.20. The van der Waals surface area contributed by atoms with Crippen molar-refractivity contribution in [3.63, 3.8) is 0 Å². The van der Waals surface area contributed by atoms with Crippen LogP contribution in [-0.2, 0) is 6.42 Å². The van der Waals surface area contributed by atoms with Gasteiger partial charge in [0.2, 0.25) is 0 Å². The quantitative estimate of drug-likeness (QED) is 0.934. The number of nitrogens with one attached hydrogen (secondary N) is 1. The van der Waals surface area contributed by atoms with Gasteiger partial charge >= 0.3 is 0 Å². The van der Waals surface area contributed by atoms with Crippen molar-refractivity contribution in [2.45, 2.75) is 44.6 Å². The van der Waals surface area contributed by atoms with Crippen LogP contribution in [0.5, 0.6) is 0 Å². The largest absolute Gasteiger partial charge is 0.348 e. The predicted molar refractivity (Wildman–Crippen MR) is 95.7 cm³/mol. The average molecular weight is 321 g/mol. The van der Waals surface area contributed by atoms with E-state index in [4.69, 9.17) is 0 Å². The maximum Gasteiger partial charge on any atom is 0.270 e. The topological polar surface area (TPSA) is 45.2 Å². The summed E-state index contributed by atoms with van der Waals surface area (Å²) < 4.78 is 0. The van der Waals surface area contributed by atoms with E-state index >= 15 is 0 Å². The first kappa shape index (κ1) is 15.2. The van der Waals surface area contributed by atoms with Gasteiger partial charge in [0.15, 0.2) is 0 Å². The molecule has 1 saturated carbocycles. The highest BCUT2D eigenvalue weighted by molar-refractivity contribution is 5.93. The van der Waals surface area contributed by atoms with Crippen LogP contribution in [-0.4, -0.2) is 23.5 Å². The summed E-state index contributed by atoms with van der Waals surface area (Å²) in [5.41, 5.74) is 3.06. The van der Waals surface area contributed by atoms with Gasteiger partial charge < -0.3 is 10.2 Å². The van der Waals surface area contributed by atoms with Gasteiger partial charge in [-0.2, -0.15) is 0 Å². The summed E-state index contributed by atoms with van der Waals surface area (Å²) in [7, 11) is 0. The second-order valence-corrected chi connectivity index (χ2v) is 6.72. The molecule has 0 saturated heterocycles. The zero-order valence-electron chi connectivity index (χ0n) is 13.9. The Morgan fingerprint density at radius 3 is 2.75 bits per heavy atom. The highest BCUT2D eigenvalue weighted by Crippen LogP contribution is 2.33. The van der Waals surface area contributed by atoms with E-state index in [-0.39, 0.29) is 5.91 Å². The van der Waals surface area contributed by atoms with Crippen molar-refractivity contribution in [1.29, 1.82) is 0 Å². The Balaban J connectivity index is 1.53. The van der Waals surface area contributed by atoms with E-state index in [0.717, 1.165) is 31.6 Å². The third kappa shape index (κ3) is 3.01. The van der Waals surface area contributed by atoms with E-state index in [9.17, 15) is 4.79 Å². The fourth-order valence-corrected chi connectivity index (χ4v) is 3.78. The molecule has 2 heterocycles. The van der Waals surface area contributed by atoms with E-state index in [1.165, 1.54) is 30.5 Å². The molecule has 1 aliphatic heterocycles. The van der Waals surface area contributed by atoms with Gasteiger partial charge in [-0.25, -0.2) is 4.98 Å². The number of carbonyl (C=O) groups is 1. The van der Waals surface area contributed by atoms with E-state index in [1.807, 2.05) is 18.2 Å². The molecule has 1 aromatic heterocycles. The summed E-state index contributed by atoms with van der Waals surface area (Å²) in [6.45, 7) is 0.917. The molecule has 0 atom stereocenters. The Labute approximate surface area is 142 Å². The predicted octanol–water partition coefficient (Wildman–Crippen LogP) is 3.84. The van der Waals surface area contributed by atoms with Crippen LogP contribution in [0, 0.1) is 0 Å². The maximum atomic E-state index is 12.5. The molecule has 4 rings (SSSR count). The van der Waals surface area contributed by atoms with Crippen LogP contribution < -0.4 is 10.2 Å². The molecule has 124 valence electrons. The van der Waals surface area contributed by atoms with Crippen LogP contribution >= 0.6 is 0 Å². The van der Waals surface area contributed by atoms with Crippen LogP contribution in [0.25, 0.3) is 0 Å². The number of carbonyl (C=O) groups excluding carboxylic acids is 1. The molecule has 4 heteroatoms. The van der Waals surface area contributed by atoms with Crippen molar-refractivity contribution >= 4 is 17.4 Å². The second kappa shape index (κ2) is 6.63. The first-order valence-electron chi connectivity index (χ1n) is 8.94. The molecule has 0 radical (unpaired) electrons. The van der Waals surface area contributed by atoms with Crippen LogP contribution in [0.2, 0.25) is 0 Å². The van der Waals surface area contributed by atoms with Crippen LogP contribution in [0.1, 0.15) is 48.2 Å². The molecule has 0 bridgehead atoms. The molecule has 1 amide bonds. The van der Waals surface area contributed by atoms with E-state index in [2.05, 4.69) is 39.5 Å². The number of para-hydroxylation sites is 1. The number of anilines is 2. The van der Waals surface area contributed by atoms with Crippen molar-refractivity contribution in [1.82, 2.24) is 10.3 Å². The summed E-state index contributed by atoms with van der Waals surface area (Å²) in [6.07, 6.45) is 6.91. The zero-order valence-corrected chi connectivity index (χ0v) is 13.9. The van der Waals surface area contributed by atoms with E-state index < -0.39 is 0 Å². The van der Waals surface area contributed by atoms with E-state index in [0.29, 0.717) is 11.7 Å². The number of fused-ring (bicyclic) bond motifs is 1. The minimum Gasteiger partial charge on any atom is -0.348 e. The Morgan fingerprint density at radius 2 is 1.88 bits per heavy atom. The highest BCUT2D eigenvalue weighted by Gasteiger charge is 2.22. The van der Waals surface area contributed by atoms with Gasteiger partial charge in [0, 0.05) is 18.3 Å². The number of amides is 1. The minimum atomic E-state index is -0.0452. The number of benzene rings is 1. The van der Waals surface area contributed by atoms with Gasteiger partial charge in [-0.1, -0.05) is 43.5 Å². The van der Waals surface area contributed by atoms with Gasteiger partial charge in [0.1, 0.15) is 11.5 Å². The Morgan fingerprint density at radius 1 is 1.04 bits per heavy atom. The third-order valence-electron chi connectivity index (χ3n) is 5.07. The molecule has 1 aliphatic carbocycles. The lowest BCUT2D eigenvalue weighted by atomic mass is 9.95. The lowest BCUT2D eigenvalue weighted by molar-refractivity contribution is 0.0922. The summed E-state index contributed by atoms with van der Waals surface area (Å²) in [6, 6.07) is 14.4. The van der Waals surface area contributed by atoms with Crippen molar-refractivity contribution in [3.05, 3.63) is 53.7 Å². The van der Waals surface area contributed by atoms with Crippen molar-refractivity contribution in [2.75, 3.05) is 11.4 Å². The molecule has 2 aliphatic rings. The van der Waals surface area contributed by atoms with E-state index in [1.54, 1.807) is 0 Å². The number of hydrogen-bond acceptors (Lipinski definition) is 3. The number of nitrogens with zero attached hydrogens (tertiary/aromatic N) is 2. The van der Waals surface area contributed by atoms with Gasteiger partial charge in [0.25, 0.3) is 5.91 Å². The van der Waals surface area contributed by atoms with Crippen LogP contribution in [0.4, 0.5) is 11.5 Å². The summed E-state index contributed by atoms with van der Waals surface area (Å²) in [5.74, 6) is 0.812. The van der Waals surface area contributed by atoms with Crippen LogP contribution in [0.15, 0.2) is 42.5 Å². The summed E-state index contributed by atoms with van der Waals surface area (Å²) in [5, 5.41) is 3.15. The van der Waals surface area contributed by atoms with Crippen molar-refractivity contribution < 1.29 is 4.79 Å². The van der Waals surface area contributed by atoms with Crippen LogP contribution in [0.3, 0.4) is 0 Å². The number of aromatic nitrogens is 1. The molecular formula is C20H23N3O. The molecular weight excluding hydrogens is 298 g/mol. The first-order valence-corrected chi connectivity index (χ1v) is 8.94. The normalized spacial score (nSPS) is 17.6. The lowest BCUT2D eigenvalue weighted by Crippen LogP contribution is -2.36. The van der Waals surface area contributed by atoms with Gasteiger partial charge in [-0.3, -0.25) is 4.79 Å². The van der Waals surface area contributed by atoms with Crippen molar-refractivity contribution in [2.24, 2.45) is 0 Å². The van der Waals surface area contributed by atoms with Gasteiger partial charge in [-0.15, -0.1) is 0 Å².